The van der Waals surface area contributed by atoms with Crippen molar-refractivity contribution in [2.75, 3.05) is 18.9 Å². The van der Waals surface area contributed by atoms with Crippen LogP contribution in [0.1, 0.15) is 19.3 Å². The lowest BCUT2D eigenvalue weighted by Gasteiger charge is -2.33. The molecule has 1 aromatic rings. The zero-order valence-corrected chi connectivity index (χ0v) is 12.0. The van der Waals surface area contributed by atoms with Crippen LogP contribution in [0.15, 0.2) is 23.1 Å². The minimum absolute atomic E-state index is 0.0530. The summed E-state index contributed by atoms with van der Waals surface area (Å²) in [6.07, 6.45) is 2.39. The van der Waals surface area contributed by atoms with Gasteiger partial charge >= 0.3 is 0 Å². The number of piperidine rings is 1. The second kappa shape index (κ2) is 5.66. The quantitative estimate of drug-likeness (QED) is 0.828. The topological polar surface area (TPSA) is 83.6 Å². The average Bonchev–Trinajstić information content (AvgIpc) is 2.38. The summed E-state index contributed by atoms with van der Waals surface area (Å²) in [7, 11) is -3.68. The largest absolute Gasteiger partial charge is 0.398 e. The first kappa shape index (κ1) is 14.6. The molecule has 0 aromatic heterocycles. The molecule has 1 unspecified atom stereocenters. The van der Waals surface area contributed by atoms with E-state index in [1.54, 1.807) is 0 Å². The van der Waals surface area contributed by atoms with Gasteiger partial charge in [-0.2, -0.15) is 4.31 Å². The van der Waals surface area contributed by atoms with E-state index in [4.69, 9.17) is 17.3 Å². The van der Waals surface area contributed by atoms with Crippen LogP contribution in [0.25, 0.3) is 0 Å². The van der Waals surface area contributed by atoms with Gasteiger partial charge in [-0.25, -0.2) is 8.42 Å². The fourth-order valence-electron chi connectivity index (χ4n) is 2.35. The Morgan fingerprint density at radius 3 is 2.79 bits per heavy atom. The van der Waals surface area contributed by atoms with E-state index in [1.807, 2.05) is 0 Å². The highest BCUT2D eigenvalue weighted by Gasteiger charge is 2.34. The SMILES string of the molecule is Nc1cc(Cl)ccc1S(=O)(=O)N1CCCCC1CO. The number of hydrogen-bond donors (Lipinski definition) is 2. The molecular formula is C12H17ClN2O3S. The van der Waals surface area contributed by atoms with E-state index in [9.17, 15) is 13.5 Å². The standard InChI is InChI=1S/C12H17ClN2O3S/c13-9-4-5-12(11(14)7-9)19(17,18)15-6-2-1-3-10(15)8-16/h4-5,7,10,16H,1-3,6,8,14H2. The molecule has 1 heterocycles. The first-order chi connectivity index (χ1) is 8.96. The number of sulfonamides is 1. The summed E-state index contributed by atoms with van der Waals surface area (Å²) < 4.78 is 26.5. The van der Waals surface area contributed by atoms with Crippen molar-refractivity contribution in [2.24, 2.45) is 0 Å². The minimum Gasteiger partial charge on any atom is -0.398 e. The molecule has 1 saturated heterocycles. The van der Waals surface area contributed by atoms with Crippen molar-refractivity contribution in [3.63, 3.8) is 0 Å². The van der Waals surface area contributed by atoms with Crippen LogP contribution in [0.2, 0.25) is 5.02 Å². The lowest BCUT2D eigenvalue weighted by molar-refractivity contribution is 0.155. The van der Waals surface area contributed by atoms with Gasteiger partial charge in [0.1, 0.15) is 4.90 Å². The average molecular weight is 305 g/mol. The van der Waals surface area contributed by atoms with Crippen molar-refractivity contribution in [2.45, 2.75) is 30.2 Å². The number of rotatable bonds is 3. The number of nitrogens with zero attached hydrogens (tertiary/aromatic N) is 1. The van der Waals surface area contributed by atoms with Crippen molar-refractivity contribution in [1.29, 1.82) is 0 Å². The van der Waals surface area contributed by atoms with Crippen LogP contribution in [0, 0.1) is 0 Å². The summed E-state index contributed by atoms with van der Waals surface area (Å²) in [6, 6.07) is 3.97. The maximum Gasteiger partial charge on any atom is 0.245 e. The summed E-state index contributed by atoms with van der Waals surface area (Å²) in [5.41, 5.74) is 5.88. The van der Waals surface area contributed by atoms with Crippen molar-refractivity contribution < 1.29 is 13.5 Å². The van der Waals surface area contributed by atoms with Gasteiger partial charge in [-0.15, -0.1) is 0 Å². The molecule has 1 atom stereocenters. The van der Waals surface area contributed by atoms with Gasteiger partial charge < -0.3 is 10.8 Å². The lowest BCUT2D eigenvalue weighted by atomic mass is 10.1. The molecule has 1 aliphatic rings. The van der Waals surface area contributed by atoms with E-state index in [2.05, 4.69) is 0 Å². The molecule has 106 valence electrons. The van der Waals surface area contributed by atoms with Crippen LogP contribution in [0.3, 0.4) is 0 Å². The number of benzene rings is 1. The molecule has 0 radical (unpaired) electrons. The summed E-state index contributed by atoms with van der Waals surface area (Å²) >= 11 is 5.78. The van der Waals surface area contributed by atoms with Crippen LogP contribution in [0.4, 0.5) is 5.69 Å². The molecule has 0 aliphatic carbocycles. The zero-order valence-electron chi connectivity index (χ0n) is 10.4. The number of nitrogen functional groups attached to an aromatic ring is 1. The van der Waals surface area contributed by atoms with Gasteiger partial charge in [0.15, 0.2) is 0 Å². The molecule has 1 aliphatic heterocycles. The normalized spacial score (nSPS) is 21.5. The molecule has 0 saturated carbocycles. The Morgan fingerprint density at radius 2 is 2.16 bits per heavy atom. The van der Waals surface area contributed by atoms with Gasteiger partial charge in [0, 0.05) is 17.6 Å². The van der Waals surface area contributed by atoms with Crippen LogP contribution in [-0.4, -0.2) is 37.0 Å². The third kappa shape index (κ3) is 2.86. The third-order valence-corrected chi connectivity index (χ3v) is 5.60. The maximum absolute atomic E-state index is 12.6. The maximum atomic E-state index is 12.6. The van der Waals surface area contributed by atoms with E-state index in [-0.39, 0.29) is 23.2 Å². The van der Waals surface area contributed by atoms with E-state index >= 15 is 0 Å². The second-order valence-electron chi connectivity index (χ2n) is 4.63. The fourth-order valence-corrected chi connectivity index (χ4v) is 4.32. The van der Waals surface area contributed by atoms with E-state index < -0.39 is 10.0 Å². The number of anilines is 1. The van der Waals surface area contributed by atoms with Crippen molar-refractivity contribution in [1.82, 2.24) is 4.31 Å². The molecule has 5 nitrogen and oxygen atoms in total. The van der Waals surface area contributed by atoms with E-state index in [0.29, 0.717) is 18.0 Å². The van der Waals surface area contributed by atoms with Crippen molar-refractivity contribution >= 4 is 27.3 Å². The Hall–Kier alpha value is -0.820. The first-order valence-electron chi connectivity index (χ1n) is 6.14. The summed E-state index contributed by atoms with van der Waals surface area (Å²) in [5, 5.41) is 9.72. The predicted octanol–water partition coefficient (Wildman–Crippen LogP) is 1.46. The Bertz CT molecular complexity index is 562. The number of aliphatic hydroxyl groups is 1. The van der Waals surface area contributed by atoms with Gasteiger partial charge in [0.2, 0.25) is 10.0 Å². The Morgan fingerprint density at radius 1 is 1.42 bits per heavy atom. The van der Waals surface area contributed by atoms with Crippen LogP contribution < -0.4 is 5.73 Å². The zero-order chi connectivity index (χ0) is 14.0. The molecule has 3 N–H and O–H groups in total. The molecular weight excluding hydrogens is 288 g/mol. The lowest BCUT2D eigenvalue weighted by Crippen LogP contribution is -2.45. The molecule has 19 heavy (non-hydrogen) atoms. The van der Waals surface area contributed by atoms with E-state index in [0.717, 1.165) is 12.8 Å². The third-order valence-electron chi connectivity index (χ3n) is 3.34. The number of nitrogens with two attached hydrogens (primary N) is 1. The van der Waals surface area contributed by atoms with Gasteiger partial charge in [-0.1, -0.05) is 18.0 Å². The highest BCUT2D eigenvalue weighted by atomic mass is 35.5. The fraction of sp³-hybridized carbons (Fsp3) is 0.500. The second-order valence-corrected chi connectivity index (χ2v) is 6.93. The number of aliphatic hydroxyl groups excluding tert-OH is 1. The monoisotopic (exact) mass is 304 g/mol. The van der Waals surface area contributed by atoms with Crippen LogP contribution in [0.5, 0.6) is 0 Å². The van der Waals surface area contributed by atoms with Gasteiger partial charge in [-0.3, -0.25) is 0 Å². The summed E-state index contributed by atoms with van der Waals surface area (Å²) in [4.78, 5) is 0.0530. The molecule has 0 spiro atoms. The van der Waals surface area contributed by atoms with Crippen molar-refractivity contribution in [3.8, 4) is 0 Å². The van der Waals surface area contributed by atoms with Gasteiger partial charge in [-0.05, 0) is 31.0 Å². The number of halogens is 1. The van der Waals surface area contributed by atoms with E-state index in [1.165, 1.54) is 22.5 Å². The summed E-state index contributed by atoms with van der Waals surface area (Å²) in [5.74, 6) is 0. The molecule has 2 rings (SSSR count). The highest BCUT2D eigenvalue weighted by molar-refractivity contribution is 7.89. The highest BCUT2D eigenvalue weighted by Crippen LogP contribution is 2.29. The van der Waals surface area contributed by atoms with Crippen LogP contribution >= 0.6 is 11.6 Å². The Kier molecular flexibility index (Phi) is 4.35. The molecule has 0 bridgehead atoms. The van der Waals surface area contributed by atoms with Crippen LogP contribution in [-0.2, 0) is 10.0 Å². The molecule has 1 fully saturated rings. The predicted molar refractivity (Wildman–Crippen MR) is 74.5 cm³/mol. The Balaban J connectivity index is 2.40. The van der Waals surface area contributed by atoms with Crippen molar-refractivity contribution in [3.05, 3.63) is 23.2 Å². The molecule has 7 heteroatoms. The van der Waals surface area contributed by atoms with Gasteiger partial charge in [0.05, 0.1) is 12.3 Å². The number of hydrogen-bond acceptors (Lipinski definition) is 4. The molecule has 0 amide bonds. The first-order valence-corrected chi connectivity index (χ1v) is 7.96. The summed E-state index contributed by atoms with van der Waals surface area (Å²) in [6.45, 7) is 0.238. The smallest absolute Gasteiger partial charge is 0.245 e. The van der Waals surface area contributed by atoms with Gasteiger partial charge in [0.25, 0.3) is 0 Å². The molecule has 1 aromatic carbocycles. The Labute approximate surface area is 118 Å². The minimum atomic E-state index is -3.68.